The number of carbonyl (C=O) groups excluding carboxylic acids is 2. The Morgan fingerprint density at radius 1 is 1.30 bits per heavy atom. The van der Waals surface area contributed by atoms with Crippen molar-refractivity contribution >= 4 is 39.2 Å². The number of methoxy groups -OCH3 is 1. The van der Waals surface area contributed by atoms with Crippen LogP contribution in [0.2, 0.25) is 18.1 Å². The maximum atomic E-state index is 14.6. The van der Waals surface area contributed by atoms with E-state index in [-0.39, 0.29) is 30.8 Å². The molecule has 14 heteroatoms. The molecule has 11 nitrogen and oxygen atoms in total. The van der Waals surface area contributed by atoms with Gasteiger partial charge in [-0.1, -0.05) is 33.4 Å². The molecular weight excluding hydrogens is 639 g/mol. The summed E-state index contributed by atoms with van der Waals surface area (Å²) < 4.78 is 49.7. The van der Waals surface area contributed by atoms with Gasteiger partial charge in [-0.05, 0) is 69.5 Å². The number of likely N-dealkylation sites (tertiary alicyclic amines) is 1. The predicted molar refractivity (Wildman–Crippen MR) is 181 cm³/mol. The number of likely N-dealkylation sites (N-methyl/N-ethyl adjacent to an activating group) is 1. The van der Waals surface area contributed by atoms with Crippen LogP contribution in [0.25, 0.3) is 0 Å². The van der Waals surface area contributed by atoms with E-state index in [0.717, 1.165) is 41.2 Å². The molecule has 0 unspecified atom stereocenters. The molecule has 2 aromatic rings. The van der Waals surface area contributed by atoms with Crippen molar-refractivity contribution in [3.8, 4) is 34.5 Å². The summed E-state index contributed by atoms with van der Waals surface area (Å²) in [5, 5.41) is 3.09. The van der Waals surface area contributed by atoms with Gasteiger partial charge in [0, 0.05) is 23.1 Å². The number of amides is 1. The summed E-state index contributed by atoms with van der Waals surface area (Å²) in [6, 6.07) is 1.66. The largest absolute Gasteiger partial charge is 0.541 e. The van der Waals surface area contributed by atoms with Gasteiger partial charge in [0.25, 0.3) is 8.32 Å². The first-order chi connectivity index (χ1) is 22.7. The third-order valence-electron chi connectivity index (χ3n) is 10.1. The molecule has 2 saturated heterocycles. The number of carbonyl (C=O) groups is 2. The van der Waals surface area contributed by atoms with Crippen molar-refractivity contribution in [2.24, 2.45) is 0 Å². The zero-order valence-electron chi connectivity index (χ0n) is 29.1. The van der Waals surface area contributed by atoms with Crippen molar-refractivity contribution in [2.75, 3.05) is 27.6 Å². The van der Waals surface area contributed by atoms with Crippen LogP contribution in [-0.4, -0.2) is 73.2 Å². The van der Waals surface area contributed by atoms with E-state index >= 15 is 0 Å². The summed E-state index contributed by atoms with van der Waals surface area (Å²) >= 11 is 0.846. The molecule has 6 rings (SSSR count). The molecule has 1 N–H and O–H groups in total. The van der Waals surface area contributed by atoms with Crippen LogP contribution in [0, 0.1) is 6.92 Å². The van der Waals surface area contributed by atoms with Gasteiger partial charge in [0.05, 0.1) is 19.2 Å². The number of ether oxygens (including phenoxy) is 5. The van der Waals surface area contributed by atoms with E-state index in [0.29, 0.717) is 40.9 Å². The molecule has 3 heterocycles. The van der Waals surface area contributed by atoms with Crippen LogP contribution in [0.1, 0.15) is 55.5 Å². The lowest BCUT2D eigenvalue weighted by molar-refractivity contribution is -0.209. The number of nitrogens with zero attached hydrogens (tertiary/aromatic N) is 1. The molecule has 1 spiro atoms. The summed E-state index contributed by atoms with van der Waals surface area (Å²) in [6.45, 7) is 16.7. The molecule has 4 atom stereocenters. The highest BCUT2D eigenvalue weighted by molar-refractivity contribution is 8.16. The molecule has 1 radical (unpaired) electrons. The Morgan fingerprint density at radius 2 is 2.02 bits per heavy atom. The van der Waals surface area contributed by atoms with Gasteiger partial charge in [0.2, 0.25) is 25.5 Å². The normalized spacial score (nSPS) is 22.8. The van der Waals surface area contributed by atoms with Crippen LogP contribution in [-0.2, 0) is 26.3 Å². The molecule has 3 aliphatic heterocycles. The van der Waals surface area contributed by atoms with Gasteiger partial charge in [-0.25, -0.2) is 4.79 Å². The van der Waals surface area contributed by atoms with Gasteiger partial charge >= 0.3 is 5.97 Å². The molecule has 1 aliphatic carbocycles. The molecule has 2 fully saturated rings. The number of esters is 1. The van der Waals surface area contributed by atoms with Crippen molar-refractivity contribution in [1.82, 2.24) is 10.2 Å². The fourth-order valence-electron chi connectivity index (χ4n) is 6.93. The van der Waals surface area contributed by atoms with Crippen LogP contribution in [0.15, 0.2) is 24.8 Å². The number of benzene rings is 2. The molecule has 0 saturated carbocycles. The predicted octanol–water partition coefficient (Wildman–Crippen LogP) is 4.76. The minimum absolute atomic E-state index is 0.0426. The van der Waals surface area contributed by atoms with E-state index < -0.39 is 38.0 Å². The SMILES string of the molecule is [3H][B]SOc1cc(C[C@H](NC)C(=O)N2[C@H]3C[C@]4(OC(=O)[C@@H]24)c2c(OCC=C)c(C)c4c(c23)OCO4)cc(O[Si](C)(C)C(C)(C)C)c1OC. The minimum Gasteiger partial charge on any atom is -0.541 e. The molecular formula is C33H42BN2O9SSi. The van der Waals surface area contributed by atoms with Crippen LogP contribution in [0.5, 0.6) is 34.5 Å². The lowest BCUT2D eigenvalue weighted by Crippen LogP contribution is -2.65. The summed E-state index contributed by atoms with van der Waals surface area (Å²) in [6.07, 6.45) is 2.31. The van der Waals surface area contributed by atoms with Crippen LogP contribution < -0.4 is 32.9 Å². The van der Waals surface area contributed by atoms with E-state index in [4.69, 9.17) is 33.6 Å². The first-order valence-corrected chi connectivity index (χ1v) is 19.3. The smallest absolute Gasteiger partial charge is 0.334 e. The highest BCUT2D eigenvalue weighted by Gasteiger charge is 2.75. The fourth-order valence-corrected chi connectivity index (χ4v) is 8.17. The van der Waals surface area contributed by atoms with Crippen LogP contribution in [0.3, 0.4) is 0 Å². The average Bonchev–Trinajstić information content (AvgIpc) is 3.71. The highest BCUT2D eigenvalue weighted by atomic mass is 32.2. The van der Waals surface area contributed by atoms with Gasteiger partial charge in [0.1, 0.15) is 12.4 Å². The molecule has 251 valence electrons. The average molecular weight is 684 g/mol. The first-order valence-electron chi connectivity index (χ1n) is 16.2. The van der Waals surface area contributed by atoms with Crippen molar-refractivity contribution in [3.63, 3.8) is 0 Å². The van der Waals surface area contributed by atoms with Crippen molar-refractivity contribution in [3.05, 3.63) is 47.0 Å². The zero-order chi connectivity index (χ0) is 34.8. The fraction of sp³-hybridized carbons (Fsp3) is 0.515. The summed E-state index contributed by atoms with van der Waals surface area (Å²) in [5.41, 5.74) is 1.98. The second-order valence-corrected chi connectivity index (χ2v) is 18.9. The number of rotatable bonds is 13. The summed E-state index contributed by atoms with van der Waals surface area (Å²) in [7, 11) is 2.03. The number of nitrogens with one attached hydrogen (secondary N) is 1. The second-order valence-electron chi connectivity index (χ2n) is 13.8. The van der Waals surface area contributed by atoms with Gasteiger partial charge in [0.15, 0.2) is 34.6 Å². The van der Waals surface area contributed by atoms with Crippen molar-refractivity contribution in [1.29, 1.82) is 1.34 Å². The molecule has 0 aromatic heterocycles. The van der Waals surface area contributed by atoms with Gasteiger partial charge in [-0.15, -0.1) is 0 Å². The van der Waals surface area contributed by atoms with Crippen molar-refractivity contribution < 1.29 is 41.9 Å². The minimum atomic E-state index is -2.32. The van der Waals surface area contributed by atoms with E-state index in [1.807, 2.05) is 13.0 Å². The first kappa shape index (κ1) is 32.1. The standard InChI is InChI=1S/C33H42BN2O9SSi/c1-10-11-40-25-17(2)26-28(42-16-41-26)23-20-15-33(24(23)25)29(31(38)43-33)36(20)30(37)19(35-6)12-18-13-21(44-46-34)27(39-7)22(14-18)45-47(8,9)32(3,4)5/h10,13-14,19-20,29,34-35H,1,11-12,15-16H2,2-9H3/t19-,20-,29+,33-/m0/s1/i34T. The highest BCUT2D eigenvalue weighted by Crippen LogP contribution is 2.69. The van der Waals surface area contributed by atoms with Crippen LogP contribution >= 0.6 is 11.9 Å². The monoisotopic (exact) mass is 683 g/mol. The topological polar surface area (TPSA) is 114 Å². The Bertz CT molecular complexity index is 1670. The summed E-state index contributed by atoms with van der Waals surface area (Å²) in [5.74, 6) is 2.30. The lowest BCUT2D eigenvalue weighted by Gasteiger charge is -2.48. The molecule has 4 aliphatic rings. The van der Waals surface area contributed by atoms with E-state index in [2.05, 4.69) is 45.8 Å². The van der Waals surface area contributed by atoms with E-state index in [1.165, 1.54) is 0 Å². The molecule has 2 bridgehead atoms. The van der Waals surface area contributed by atoms with Gasteiger partial charge in [-0.2, -0.15) is 0 Å². The number of hydrogen-bond acceptors (Lipinski definition) is 11. The Hall–Kier alpha value is -3.49. The van der Waals surface area contributed by atoms with E-state index in [9.17, 15) is 9.59 Å². The van der Waals surface area contributed by atoms with Gasteiger partial charge < -0.3 is 42.5 Å². The Labute approximate surface area is 283 Å². The Morgan fingerprint density at radius 3 is 2.66 bits per heavy atom. The third kappa shape index (κ3) is 5.05. The zero-order valence-corrected chi connectivity index (χ0v) is 29.9. The molecule has 2 aromatic carbocycles. The Kier molecular flexibility index (Phi) is 8.11. The maximum Gasteiger partial charge on any atom is 0.334 e. The summed E-state index contributed by atoms with van der Waals surface area (Å²) in [4.78, 5) is 29.4. The van der Waals surface area contributed by atoms with Crippen LogP contribution in [0.4, 0.5) is 0 Å². The second kappa shape index (κ2) is 11.9. The lowest BCUT2D eigenvalue weighted by atomic mass is 9.80. The van der Waals surface area contributed by atoms with Crippen molar-refractivity contribution in [2.45, 2.75) is 82.4 Å². The third-order valence-corrected chi connectivity index (χ3v) is 14.7. The quantitative estimate of drug-likeness (QED) is 0.137. The molecule has 47 heavy (non-hydrogen) atoms. The number of fused-ring (bicyclic) bond motifs is 5. The number of hydrogen-bond donors (Lipinski definition) is 1. The van der Waals surface area contributed by atoms with E-state index in [1.54, 1.807) is 31.2 Å². The molecule has 1 amide bonds. The maximum absolute atomic E-state index is 14.6. The van der Waals surface area contributed by atoms with Gasteiger partial charge in [-0.3, -0.25) is 4.79 Å². The Balaban J connectivity index is 1.37.